The lowest BCUT2D eigenvalue weighted by molar-refractivity contribution is -0.148. The fraction of sp³-hybridized carbons (Fsp3) is 0.467. The monoisotopic (exact) mass is 295 g/mol. The number of carboxylic acids is 1. The lowest BCUT2D eigenvalue weighted by Gasteiger charge is -2.28. The minimum Gasteiger partial charge on any atom is -0.496 e. The molecule has 1 amide bonds. The van der Waals surface area contributed by atoms with Crippen LogP contribution in [0.5, 0.6) is 5.75 Å². The van der Waals surface area contributed by atoms with Gasteiger partial charge in [0.25, 0.3) is 5.91 Å². The Morgan fingerprint density at radius 3 is 2.81 bits per heavy atom. The van der Waals surface area contributed by atoms with Crippen LogP contribution in [0.2, 0.25) is 0 Å². The summed E-state index contributed by atoms with van der Waals surface area (Å²) in [6.45, 7) is 1.60. The highest BCUT2D eigenvalue weighted by molar-refractivity contribution is 5.97. The maximum absolute atomic E-state index is 13.9. The van der Waals surface area contributed by atoms with Crippen molar-refractivity contribution in [2.24, 2.45) is 5.41 Å². The number of aliphatic carboxylic acids is 1. The molecule has 1 fully saturated rings. The second-order valence-electron chi connectivity index (χ2n) is 5.46. The molecule has 1 aliphatic carbocycles. The van der Waals surface area contributed by atoms with Crippen molar-refractivity contribution in [1.82, 2.24) is 5.32 Å². The van der Waals surface area contributed by atoms with Gasteiger partial charge in [-0.25, -0.2) is 4.39 Å². The van der Waals surface area contributed by atoms with Gasteiger partial charge < -0.3 is 15.2 Å². The molecule has 0 heterocycles. The van der Waals surface area contributed by atoms with E-state index in [1.807, 2.05) is 0 Å². The van der Waals surface area contributed by atoms with Gasteiger partial charge in [0.1, 0.15) is 17.1 Å². The van der Waals surface area contributed by atoms with Crippen molar-refractivity contribution in [1.29, 1.82) is 0 Å². The summed E-state index contributed by atoms with van der Waals surface area (Å²) in [6, 6.07) is 3.58. The van der Waals surface area contributed by atoms with Crippen LogP contribution in [-0.2, 0) is 4.79 Å². The summed E-state index contributed by atoms with van der Waals surface area (Å²) in [4.78, 5) is 23.7. The van der Waals surface area contributed by atoms with Gasteiger partial charge in [-0.1, -0.05) is 12.5 Å². The van der Waals surface area contributed by atoms with Gasteiger partial charge in [-0.3, -0.25) is 9.59 Å². The fourth-order valence-corrected chi connectivity index (χ4v) is 2.78. The summed E-state index contributed by atoms with van der Waals surface area (Å²) in [5.74, 6) is -2.17. The summed E-state index contributed by atoms with van der Waals surface area (Å²) >= 11 is 0. The number of methoxy groups -OCH3 is 1. The van der Waals surface area contributed by atoms with Crippen LogP contribution in [0.1, 0.15) is 36.5 Å². The van der Waals surface area contributed by atoms with Crippen molar-refractivity contribution in [2.75, 3.05) is 7.11 Å². The number of carboxylic acid groups (broad SMARTS) is 1. The van der Waals surface area contributed by atoms with Crippen LogP contribution in [-0.4, -0.2) is 30.1 Å². The molecule has 0 spiro atoms. The quantitative estimate of drug-likeness (QED) is 0.893. The third-order valence-corrected chi connectivity index (χ3v) is 4.17. The maximum Gasteiger partial charge on any atom is 0.311 e. The summed E-state index contributed by atoms with van der Waals surface area (Å²) in [6.07, 6.45) is 1.76. The molecule has 1 aliphatic rings. The van der Waals surface area contributed by atoms with E-state index in [1.54, 1.807) is 6.92 Å². The van der Waals surface area contributed by atoms with E-state index in [1.165, 1.54) is 25.3 Å². The van der Waals surface area contributed by atoms with Crippen LogP contribution >= 0.6 is 0 Å². The largest absolute Gasteiger partial charge is 0.496 e. The first-order valence-electron chi connectivity index (χ1n) is 6.77. The van der Waals surface area contributed by atoms with Gasteiger partial charge >= 0.3 is 5.97 Å². The predicted octanol–water partition coefficient (Wildman–Crippen LogP) is 2.21. The molecule has 114 valence electrons. The normalized spacial score (nSPS) is 24.6. The summed E-state index contributed by atoms with van der Waals surface area (Å²) < 4.78 is 18.8. The lowest BCUT2D eigenvalue weighted by Crippen LogP contribution is -2.47. The standard InChI is InChI=1S/C15H18FNO4/c1-15(14(19)20)8-4-7-11(15)17-13(18)12-9(16)5-3-6-10(12)21-2/h3,5-6,11H,4,7-8H2,1-2H3,(H,17,18)(H,19,20). The highest BCUT2D eigenvalue weighted by Gasteiger charge is 2.46. The Hall–Kier alpha value is -2.11. The molecule has 0 aliphatic heterocycles. The molecule has 0 bridgehead atoms. The molecular formula is C15H18FNO4. The van der Waals surface area contributed by atoms with E-state index in [9.17, 15) is 19.1 Å². The zero-order chi connectivity index (χ0) is 15.6. The van der Waals surface area contributed by atoms with E-state index >= 15 is 0 Å². The van der Waals surface area contributed by atoms with Gasteiger partial charge in [-0.05, 0) is 31.9 Å². The first-order chi connectivity index (χ1) is 9.90. The molecule has 1 aromatic rings. The van der Waals surface area contributed by atoms with Gasteiger partial charge in [0.2, 0.25) is 0 Å². The van der Waals surface area contributed by atoms with Crippen molar-refractivity contribution in [3.05, 3.63) is 29.6 Å². The van der Waals surface area contributed by atoms with Crippen LogP contribution in [0, 0.1) is 11.2 Å². The number of rotatable bonds is 4. The Balaban J connectivity index is 2.25. The average molecular weight is 295 g/mol. The molecular weight excluding hydrogens is 277 g/mol. The fourth-order valence-electron chi connectivity index (χ4n) is 2.78. The minimum atomic E-state index is -1.02. The van der Waals surface area contributed by atoms with Gasteiger partial charge in [-0.2, -0.15) is 0 Å². The summed E-state index contributed by atoms with van der Waals surface area (Å²) in [5, 5.41) is 12.0. The highest BCUT2D eigenvalue weighted by Crippen LogP contribution is 2.38. The zero-order valence-electron chi connectivity index (χ0n) is 12.0. The second-order valence-corrected chi connectivity index (χ2v) is 5.46. The van der Waals surface area contributed by atoms with Crippen LogP contribution in [0.3, 0.4) is 0 Å². The Morgan fingerprint density at radius 2 is 2.19 bits per heavy atom. The van der Waals surface area contributed by atoms with Crippen LogP contribution in [0.4, 0.5) is 4.39 Å². The van der Waals surface area contributed by atoms with E-state index < -0.39 is 29.2 Å². The number of nitrogens with one attached hydrogen (secondary N) is 1. The predicted molar refractivity (Wildman–Crippen MR) is 73.8 cm³/mol. The van der Waals surface area contributed by atoms with Gasteiger partial charge in [0.15, 0.2) is 0 Å². The van der Waals surface area contributed by atoms with Gasteiger partial charge in [-0.15, -0.1) is 0 Å². The summed E-state index contributed by atoms with van der Waals surface area (Å²) in [7, 11) is 1.35. The van der Waals surface area contributed by atoms with E-state index in [0.29, 0.717) is 19.3 Å². The van der Waals surface area contributed by atoms with Crippen molar-refractivity contribution < 1.29 is 23.8 Å². The van der Waals surface area contributed by atoms with E-state index in [-0.39, 0.29) is 11.3 Å². The first kappa shape index (κ1) is 15.3. The molecule has 2 rings (SSSR count). The number of benzene rings is 1. The molecule has 1 aromatic carbocycles. The highest BCUT2D eigenvalue weighted by atomic mass is 19.1. The molecule has 0 saturated heterocycles. The topological polar surface area (TPSA) is 75.6 Å². The van der Waals surface area contributed by atoms with Crippen molar-refractivity contribution in [3.63, 3.8) is 0 Å². The Bertz CT molecular complexity index is 575. The molecule has 6 heteroatoms. The van der Waals surface area contributed by atoms with E-state index in [0.717, 1.165) is 0 Å². The Kier molecular flexibility index (Phi) is 4.16. The number of ether oxygens (including phenoxy) is 1. The van der Waals surface area contributed by atoms with Gasteiger partial charge in [0, 0.05) is 6.04 Å². The molecule has 21 heavy (non-hydrogen) atoms. The van der Waals surface area contributed by atoms with Crippen LogP contribution in [0.15, 0.2) is 18.2 Å². The second kappa shape index (κ2) is 5.71. The number of halogens is 1. The molecule has 5 nitrogen and oxygen atoms in total. The number of carbonyl (C=O) groups excluding carboxylic acids is 1. The average Bonchev–Trinajstić information content (AvgIpc) is 2.81. The third kappa shape index (κ3) is 2.70. The van der Waals surface area contributed by atoms with E-state index in [4.69, 9.17) is 4.74 Å². The Morgan fingerprint density at radius 1 is 1.48 bits per heavy atom. The van der Waals surface area contributed by atoms with Crippen LogP contribution < -0.4 is 10.1 Å². The molecule has 2 atom stereocenters. The zero-order valence-corrected chi connectivity index (χ0v) is 12.0. The molecule has 2 N–H and O–H groups in total. The number of hydrogen-bond acceptors (Lipinski definition) is 3. The van der Waals surface area contributed by atoms with Crippen molar-refractivity contribution >= 4 is 11.9 Å². The Labute approximate surface area is 122 Å². The smallest absolute Gasteiger partial charge is 0.311 e. The number of carbonyl (C=O) groups is 2. The number of hydrogen-bond donors (Lipinski definition) is 2. The van der Waals surface area contributed by atoms with Crippen molar-refractivity contribution in [2.45, 2.75) is 32.2 Å². The summed E-state index contributed by atoms with van der Waals surface area (Å²) in [5.41, 5.74) is -1.21. The first-order valence-corrected chi connectivity index (χ1v) is 6.77. The molecule has 0 radical (unpaired) electrons. The molecule has 2 unspecified atom stereocenters. The van der Waals surface area contributed by atoms with E-state index in [2.05, 4.69) is 5.32 Å². The number of amides is 1. The minimum absolute atomic E-state index is 0.127. The molecule has 1 saturated carbocycles. The maximum atomic E-state index is 13.9. The lowest BCUT2D eigenvalue weighted by atomic mass is 9.85. The van der Waals surface area contributed by atoms with Crippen molar-refractivity contribution in [3.8, 4) is 5.75 Å². The molecule has 0 aromatic heterocycles. The third-order valence-electron chi connectivity index (χ3n) is 4.17. The SMILES string of the molecule is COc1cccc(F)c1C(=O)NC1CCCC1(C)C(=O)O. The van der Waals surface area contributed by atoms with Crippen LogP contribution in [0.25, 0.3) is 0 Å². The van der Waals surface area contributed by atoms with Gasteiger partial charge in [0.05, 0.1) is 12.5 Å².